The predicted molar refractivity (Wildman–Crippen MR) is 140 cm³/mol. The van der Waals surface area contributed by atoms with Crippen molar-refractivity contribution in [2.24, 2.45) is 13.0 Å². The lowest BCUT2D eigenvalue weighted by Crippen LogP contribution is -2.25. The van der Waals surface area contributed by atoms with Gasteiger partial charge in [-0.25, -0.2) is 0 Å². The van der Waals surface area contributed by atoms with Crippen LogP contribution < -0.4 is 10.2 Å². The fraction of sp³-hybridized carbons (Fsp3) is 0.379. The molecule has 7 rings (SSSR count). The average Bonchev–Trinajstić information content (AvgIpc) is 3.67. The van der Waals surface area contributed by atoms with E-state index in [4.69, 9.17) is 0 Å². The van der Waals surface area contributed by atoms with Crippen molar-refractivity contribution >= 4 is 11.6 Å². The number of hydrogen-bond acceptors (Lipinski definition) is 5. The number of amides is 1. The number of anilines is 1. The third kappa shape index (κ3) is 4.11. The molecule has 4 heterocycles. The lowest BCUT2D eigenvalue weighted by atomic mass is 9.72. The smallest absolute Gasteiger partial charge is 0.320 e. The van der Waals surface area contributed by atoms with E-state index in [1.54, 1.807) is 29.3 Å². The summed E-state index contributed by atoms with van der Waals surface area (Å²) in [5, 5.41) is 16.0. The molecule has 1 fully saturated rings. The molecule has 40 heavy (non-hydrogen) atoms. The first-order valence-electron chi connectivity index (χ1n) is 13.5. The summed E-state index contributed by atoms with van der Waals surface area (Å²) in [5.41, 5.74) is 3.32. The van der Waals surface area contributed by atoms with Crippen LogP contribution in [0.3, 0.4) is 0 Å². The van der Waals surface area contributed by atoms with Crippen LogP contribution >= 0.6 is 0 Å². The molecule has 0 bridgehead atoms. The molecule has 0 saturated heterocycles. The Balaban J connectivity index is 1.24. The number of carbonyl (C=O) groups is 1. The number of nitrogens with zero attached hydrogens (tertiary/aromatic N) is 6. The second-order valence-corrected chi connectivity index (χ2v) is 11.0. The van der Waals surface area contributed by atoms with Crippen LogP contribution in [0.1, 0.15) is 74.9 Å². The molecule has 3 aliphatic rings. The van der Waals surface area contributed by atoms with E-state index in [0.29, 0.717) is 30.3 Å². The Morgan fingerprint density at radius 3 is 2.73 bits per heavy atom. The molecule has 2 aromatic heterocycles. The van der Waals surface area contributed by atoms with Gasteiger partial charge in [-0.15, -0.1) is 10.2 Å². The van der Waals surface area contributed by atoms with Crippen molar-refractivity contribution in [2.45, 2.75) is 57.5 Å². The largest absolute Gasteiger partial charge is 0.416 e. The summed E-state index contributed by atoms with van der Waals surface area (Å²) in [5.74, 6) is 0.833. The van der Waals surface area contributed by atoms with Crippen LogP contribution in [0.15, 0.2) is 48.9 Å². The van der Waals surface area contributed by atoms with Gasteiger partial charge in [0.15, 0.2) is 0 Å². The Bertz CT molecular complexity index is 1620. The molecule has 2 aromatic carbocycles. The van der Waals surface area contributed by atoms with Gasteiger partial charge in [-0.2, -0.15) is 18.3 Å². The second kappa shape index (κ2) is 9.29. The summed E-state index contributed by atoms with van der Waals surface area (Å²) in [6, 6.07) is 10.4. The summed E-state index contributed by atoms with van der Waals surface area (Å²) < 4.78 is 46.5. The molecular formula is C29H28F3N7O. The molecule has 4 aromatic rings. The van der Waals surface area contributed by atoms with E-state index in [1.165, 1.54) is 11.0 Å². The molecule has 0 spiro atoms. The highest BCUT2D eigenvalue weighted by Gasteiger charge is 2.41. The number of carbonyl (C=O) groups excluding carboxylic acids is 1. The van der Waals surface area contributed by atoms with Crippen LogP contribution in [0.2, 0.25) is 0 Å². The molecule has 1 amide bonds. The molecular weight excluding hydrogens is 519 g/mol. The fourth-order valence-corrected chi connectivity index (χ4v) is 6.31. The summed E-state index contributed by atoms with van der Waals surface area (Å²) in [7, 11) is 1.91. The third-order valence-electron chi connectivity index (χ3n) is 8.57. The quantitative estimate of drug-likeness (QED) is 0.376. The molecule has 0 radical (unpaired) electrons. The van der Waals surface area contributed by atoms with Crippen molar-refractivity contribution in [1.82, 2.24) is 29.9 Å². The van der Waals surface area contributed by atoms with Gasteiger partial charge in [0, 0.05) is 42.9 Å². The van der Waals surface area contributed by atoms with E-state index in [9.17, 15) is 18.0 Å². The number of aromatic nitrogens is 5. The maximum atomic E-state index is 14.3. The Morgan fingerprint density at radius 1 is 1.15 bits per heavy atom. The minimum Gasteiger partial charge on any atom is -0.320 e. The van der Waals surface area contributed by atoms with Gasteiger partial charge < -0.3 is 14.8 Å². The van der Waals surface area contributed by atoms with Gasteiger partial charge in [-0.1, -0.05) is 18.6 Å². The van der Waals surface area contributed by atoms with Crippen LogP contribution in [0.4, 0.5) is 18.9 Å². The summed E-state index contributed by atoms with van der Waals surface area (Å²) >= 11 is 0. The number of halogens is 3. The van der Waals surface area contributed by atoms with Crippen molar-refractivity contribution in [1.29, 1.82) is 0 Å². The normalized spacial score (nSPS) is 17.7. The van der Waals surface area contributed by atoms with E-state index < -0.39 is 17.6 Å². The summed E-state index contributed by atoms with van der Waals surface area (Å²) in [6.45, 7) is 1.34. The summed E-state index contributed by atoms with van der Waals surface area (Å²) in [4.78, 5) is 15.1. The molecule has 11 heteroatoms. The minimum atomic E-state index is -4.59. The Hall–Kier alpha value is -3.99. The lowest BCUT2D eigenvalue weighted by molar-refractivity contribution is -0.138. The van der Waals surface area contributed by atoms with Crippen LogP contribution in [0.25, 0.3) is 0 Å². The van der Waals surface area contributed by atoms with E-state index in [-0.39, 0.29) is 30.1 Å². The molecule has 1 saturated carbocycles. The first kappa shape index (κ1) is 25.0. The maximum Gasteiger partial charge on any atom is 0.416 e. The van der Waals surface area contributed by atoms with Gasteiger partial charge in [-0.05, 0) is 59.7 Å². The van der Waals surface area contributed by atoms with Gasteiger partial charge in [0.2, 0.25) is 0 Å². The number of nitrogens with one attached hydrogen (secondary N) is 1. The number of aryl methyl sites for hydroxylation is 1. The van der Waals surface area contributed by atoms with Crippen LogP contribution in [-0.4, -0.2) is 30.5 Å². The van der Waals surface area contributed by atoms with Gasteiger partial charge >= 0.3 is 6.18 Å². The Morgan fingerprint density at radius 2 is 2.00 bits per heavy atom. The van der Waals surface area contributed by atoms with E-state index in [0.717, 1.165) is 41.9 Å². The standard InChI is InChI=1S/C29H28F3N7O/c1-37-16-34-36-27(37)26(18-4-2-5-18)19-6-3-7-21(10-19)38-15-23-22(28(38)40)8-17(9-24(23)29(30,31)32)14-39-25-13-33-11-20(25)12-35-39/h3,6-10,12,16,18,26,33H,2,4-5,11,13-15H2,1H3/t26-/m1/s1. The van der Waals surface area contributed by atoms with Gasteiger partial charge in [0.05, 0.1) is 30.5 Å². The highest BCUT2D eigenvalue weighted by atomic mass is 19.4. The zero-order chi connectivity index (χ0) is 27.6. The third-order valence-corrected chi connectivity index (χ3v) is 8.57. The molecule has 1 aliphatic carbocycles. The van der Waals surface area contributed by atoms with Crippen molar-refractivity contribution in [3.8, 4) is 0 Å². The Labute approximate surface area is 228 Å². The van der Waals surface area contributed by atoms with Crippen LogP contribution in [-0.2, 0) is 39.4 Å². The van der Waals surface area contributed by atoms with Gasteiger partial charge in [-0.3, -0.25) is 9.48 Å². The number of fused-ring (bicyclic) bond motifs is 2. The predicted octanol–water partition coefficient (Wildman–Crippen LogP) is 4.77. The van der Waals surface area contributed by atoms with Crippen molar-refractivity contribution < 1.29 is 18.0 Å². The van der Waals surface area contributed by atoms with E-state index >= 15 is 0 Å². The number of rotatable bonds is 6. The Kier molecular flexibility index (Phi) is 5.81. The van der Waals surface area contributed by atoms with Gasteiger partial charge in [0.1, 0.15) is 12.2 Å². The lowest BCUT2D eigenvalue weighted by Gasteiger charge is -2.33. The average molecular weight is 548 g/mol. The topological polar surface area (TPSA) is 80.9 Å². The highest BCUT2D eigenvalue weighted by Crippen LogP contribution is 2.44. The second-order valence-electron chi connectivity index (χ2n) is 11.0. The molecule has 2 aliphatic heterocycles. The molecule has 0 unspecified atom stereocenters. The number of benzene rings is 2. The van der Waals surface area contributed by atoms with Crippen LogP contribution in [0, 0.1) is 5.92 Å². The molecule has 1 N–H and O–H groups in total. The SMILES string of the molecule is Cn1cnnc1[C@@H](c1cccc(N2Cc3c(cc(Cn4ncc5c4CNC5)cc3C(F)(F)F)C2=O)c1)C1CCC1. The minimum absolute atomic E-state index is 0.00362. The highest BCUT2D eigenvalue weighted by molar-refractivity contribution is 6.10. The number of alkyl halides is 3. The number of hydrogen-bond donors (Lipinski definition) is 1. The molecule has 8 nitrogen and oxygen atoms in total. The monoisotopic (exact) mass is 547 g/mol. The summed E-state index contributed by atoms with van der Waals surface area (Å²) in [6.07, 6.45) is 2.12. The van der Waals surface area contributed by atoms with Gasteiger partial charge in [0.25, 0.3) is 5.91 Å². The van der Waals surface area contributed by atoms with Crippen molar-refractivity contribution in [2.75, 3.05) is 4.90 Å². The maximum absolute atomic E-state index is 14.3. The first-order chi connectivity index (χ1) is 19.3. The zero-order valence-corrected chi connectivity index (χ0v) is 21.9. The van der Waals surface area contributed by atoms with Crippen molar-refractivity contribution in [3.63, 3.8) is 0 Å². The van der Waals surface area contributed by atoms with Crippen molar-refractivity contribution in [3.05, 3.63) is 93.8 Å². The van der Waals surface area contributed by atoms with E-state index in [2.05, 4.69) is 20.6 Å². The van der Waals surface area contributed by atoms with E-state index in [1.807, 2.05) is 29.8 Å². The molecule has 1 atom stereocenters. The first-order valence-corrected chi connectivity index (χ1v) is 13.5. The zero-order valence-electron chi connectivity index (χ0n) is 21.9. The molecule has 206 valence electrons. The van der Waals surface area contributed by atoms with Crippen LogP contribution in [0.5, 0.6) is 0 Å². The fourth-order valence-electron chi connectivity index (χ4n) is 6.31.